The normalized spacial score (nSPS) is 12.6. The van der Waals surface area contributed by atoms with Gasteiger partial charge in [0, 0.05) is 11.0 Å². The first-order valence-corrected chi connectivity index (χ1v) is 8.42. The molecule has 1 heterocycles. The summed E-state index contributed by atoms with van der Waals surface area (Å²) >= 11 is 3.49. The lowest BCUT2D eigenvalue weighted by atomic mass is 10.1. The van der Waals surface area contributed by atoms with E-state index in [1.54, 1.807) is 7.11 Å². The lowest BCUT2D eigenvalue weighted by Crippen LogP contribution is -2.25. The number of benzene rings is 2. The highest BCUT2D eigenvalue weighted by molar-refractivity contribution is 9.10. The first-order valence-electron chi connectivity index (χ1n) is 7.63. The standard InChI is InChI=1S/C18H18BrNO4/c1-22-14-4-2-12(3-5-14)11-20-18(21)9-13-8-16-17(10-15(13)19)24-7-6-23-16/h2-5,8,10H,6-7,9,11H2,1H3,(H,20,21). The predicted molar refractivity (Wildman–Crippen MR) is 93.7 cm³/mol. The van der Waals surface area contributed by atoms with Crippen molar-refractivity contribution in [2.24, 2.45) is 0 Å². The lowest BCUT2D eigenvalue weighted by molar-refractivity contribution is -0.120. The Labute approximate surface area is 149 Å². The average molecular weight is 392 g/mol. The predicted octanol–water partition coefficient (Wildman–Crippen LogP) is 3.09. The van der Waals surface area contributed by atoms with Crippen molar-refractivity contribution in [1.29, 1.82) is 0 Å². The molecule has 0 unspecified atom stereocenters. The number of nitrogens with one attached hydrogen (secondary N) is 1. The summed E-state index contributed by atoms with van der Waals surface area (Å²) in [5, 5.41) is 2.92. The molecule has 0 spiro atoms. The van der Waals surface area contributed by atoms with Crippen molar-refractivity contribution in [3.63, 3.8) is 0 Å². The van der Waals surface area contributed by atoms with E-state index < -0.39 is 0 Å². The summed E-state index contributed by atoms with van der Waals surface area (Å²) in [5.74, 6) is 2.13. The summed E-state index contributed by atoms with van der Waals surface area (Å²) < 4.78 is 17.0. The van der Waals surface area contributed by atoms with Crippen LogP contribution in [0.5, 0.6) is 17.2 Å². The second kappa shape index (κ2) is 7.57. The van der Waals surface area contributed by atoms with Crippen LogP contribution in [0.4, 0.5) is 0 Å². The molecule has 0 saturated carbocycles. The van der Waals surface area contributed by atoms with E-state index in [1.807, 2.05) is 36.4 Å². The number of rotatable bonds is 5. The molecule has 1 amide bonds. The van der Waals surface area contributed by atoms with Crippen LogP contribution in [-0.4, -0.2) is 26.2 Å². The van der Waals surface area contributed by atoms with Crippen molar-refractivity contribution in [3.05, 3.63) is 52.0 Å². The van der Waals surface area contributed by atoms with Crippen molar-refractivity contribution in [2.75, 3.05) is 20.3 Å². The summed E-state index contributed by atoms with van der Waals surface area (Å²) in [4.78, 5) is 12.2. The number of amides is 1. The van der Waals surface area contributed by atoms with E-state index in [-0.39, 0.29) is 12.3 Å². The number of fused-ring (bicyclic) bond motifs is 1. The molecular formula is C18H18BrNO4. The van der Waals surface area contributed by atoms with Crippen LogP contribution in [0.3, 0.4) is 0 Å². The fraction of sp³-hybridized carbons (Fsp3) is 0.278. The molecule has 2 aromatic carbocycles. The van der Waals surface area contributed by atoms with Crippen molar-refractivity contribution in [3.8, 4) is 17.2 Å². The highest BCUT2D eigenvalue weighted by atomic mass is 79.9. The summed E-state index contributed by atoms with van der Waals surface area (Å²) in [6.45, 7) is 1.55. The summed E-state index contributed by atoms with van der Waals surface area (Å²) in [6.07, 6.45) is 0.271. The smallest absolute Gasteiger partial charge is 0.224 e. The minimum Gasteiger partial charge on any atom is -0.497 e. The van der Waals surface area contributed by atoms with Gasteiger partial charge < -0.3 is 19.5 Å². The first-order chi connectivity index (χ1) is 11.7. The third kappa shape index (κ3) is 4.00. The van der Waals surface area contributed by atoms with Crippen molar-refractivity contribution in [1.82, 2.24) is 5.32 Å². The quantitative estimate of drug-likeness (QED) is 0.850. The maximum absolute atomic E-state index is 12.2. The van der Waals surface area contributed by atoms with E-state index in [4.69, 9.17) is 14.2 Å². The van der Waals surface area contributed by atoms with Gasteiger partial charge in [-0.1, -0.05) is 28.1 Å². The number of methoxy groups -OCH3 is 1. The van der Waals surface area contributed by atoms with Crippen molar-refractivity contribution < 1.29 is 19.0 Å². The van der Waals surface area contributed by atoms with Gasteiger partial charge in [-0.15, -0.1) is 0 Å². The minimum absolute atomic E-state index is 0.0526. The van der Waals surface area contributed by atoms with Crippen LogP contribution in [0.2, 0.25) is 0 Å². The summed E-state index contributed by atoms with van der Waals surface area (Å²) in [7, 11) is 1.63. The number of halogens is 1. The summed E-state index contributed by atoms with van der Waals surface area (Å²) in [5.41, 5.74) is 1.89. The first kappa shape index (κ1) is 16.6. The SMILES string of the molecule is COc1ccc(CNC(=O)Cc2cc3c(cc2Br)OCCO3)cc1. The monoisotopic (exact) mass is 391 g/mol. The van der Waals surface area contributed by atoms with Gasteiger partial charge in [0.1, 0.15) is 19.0 Å². The van der Waals surface area contributed by atoms with Gasteiger partial charge in [-0.25, -0.2) is 0 Å². The Morgan fingerprint density at radius 1 is 1.17 bits per heavy atom. The number of carbonyl (C=O) groups is 1. The van der Waals surface area contributed by atoms with E-state index in [2.05, 4.69) is 21.2 Å². The highest BCUT2D eigenvalue weighted by Crippen LogP contribution is 2.35. The fourth-order valence-electron chi connectivity index (χ4n) is 2.42. The molecule has 0 radical (unpaired) electrons. The lowest BCUT2D eigenvalue weighted by Gasteiger charge is -2.19. The zero-order valence-electron chi connectivity index (χ0n) is 13.3. The molecule has 0 fully saturated rings. The Morgan fingerprint density at radius 3 is 2.50 bits per heavy atom. The van der Waals surface area contributed by atoms with E-state index in [9.17, 15) is 4.79 Å². The van der Waals surface area contributed by atoms with Crippen LogP contribution < -0.4 is 19.5 Å². The molecule has 0 saturated heterocycles. The van der Waals surface area contributed by atoms with Gasteiger partial charge in [-0.3, -0.25) is 4.79 Å². The fourth-order valence-corrected chi connectivity index (χ4v) is 2.88. The van der Waals surface area contributed by atoms with Crippen LogP contribution in [0.15, 0.2) is 40.9 Å². The number of ether oxygens (including phenoxy) is 3. The zero-order valence-corrected chi connectivity index (χ0v) is 14.9. The molecular weight excluding hydrogens is 374 g/mol. The summed E-state index contributed by atoms with van der Waals surface area (Å²) in [6, 6.07) is 11.3. The molecule has 6 heteroatoms. The molecule has 1 aliphatic rings. The molecule has 0 atom stereocenters. The van der Waals surface area contributed by atoms with E-state index in [0.717, 1.165) is 21.3 Å². The Kier molecular flexibility index (Phi) is 5.25. The molecule has 3 rings (SSSR count). The van der Waals surface area contributed by atoms with Crippen LogP contribution >= 0.6 is 15.9 Å². The van der Waals surface area contributed by atoms with Gasteiger partial charge >= 0.3 is 0 Å². The van der Waals surface area contributed by atoms with Gasteiger partial charge in [0.15, 0.2) is 11.5 Å². The number of hydrogen-bond donors (Lipinski definition) is 1. The van der Waals surface area contributed by atoms with E-state index in [1.165, 1.54) is 0 Å². The Bertz CT molecular complexity index is 731. The largest absolute Gasteiger partial charge is 0.497 e. The second-order valence-corrected chi connectivity index (χ2v) is 6.24. The maximum atomic E-state index is 12.2. The van der Waals surface area contributed by atoms with Gasteiger partial charge in [0.05, 0.1) is 13.5 Å². The van der Waals surface area contributed by atoms with Crippen LogP contribution in [0, 0.1) is 0 Å². The molecule has 24 heavy (non-hydrogen) atoms. The van der Waals surface area contributed by atoms with E-state index >= 15 is 0 Å². The number of carbonyl (C=O) groups excluding carboxylic acids is 1. The van der Waals surface area contributed by atoms with Crippen molar-refractivity contribution >= 4 is 21.8 Å². The molecule has 1 aliphatic heterocycles. The van der Waals surface area contributed by atoms with Gasteiger partial charge in [0.2, 0.25) is 5.91 Å². The van der Waals surface area contributed by atoms with Gasteiger partial charge in [-0.05, 0) is 35.4 Å². The third-order valence-corrected chi connectivity index (χ3v) is 4.45. The molecule has 0 aliphatic carbocycles. The van der Waals surface area contributed by atoms with Crippen LogP contribution in [0.1, 0.15) is 11.1 Å². The van der Waals surface area contributed by atoms with Crippen molar-refractivity contribution in [2.45, 2.75) is 13.0 Å². The zero-order chi connectivity index (χ0) is 16.9. The van der Waals surface area contributed by atoms with Crippen LogP contribution in [0.25, 0.3) is 0 Å². The van der Waals surface area contributed by atoms with Gasteiger partial charge in [0.25, 0.3) is 0 Å². The Morgan fingerprint density at radius 2 is 1.83 bits per heavy atom. The maximum Gasteiger partial charge on any atom is 0.224 e. The molecule has 2 aromatic rings. The average Bonchev–Trinajstić information content (AvgIpc) is 2.61. The topological polar surface area (TPSA) is 56.8 Å². The molecule has 1 N–H and O–H groups in total. The molecule has 126 valence electrons. The molecule has 5 nitrogen and oxygen atoms in total. The molecule has 0 bridgehead atoms. The third-order valence-electron chi connectivity index (χ3n) is 3.71. The second-order valence-electron chi connectivity index (χ2n) is 5.39. The van der Waals surface area contributed by atoms with Crippen LogP contribution in [-0.2, 0) is 17.8 Å². The molecule has 0 aromatic heterocycles. The Hall–Kier alpha value is -2.21. The van der Waals surface area contributed by atoms with E-state index in [0.29, 0.717) is 31.3 Å². The van der Waals surface area contributed by atoms with Gasteiger partial charge in [-0.2, -0.15) is 0 Å². The Balaban J connectivity index is 1.60. The minimum atomic E-state index is -0.0526. The number of hydrogen-bond acceptors (Lipinski definition) is 4. The highest BCUT2D eigenvalue weighted by Gasteiger charge is 2.16.